The van der Waals surface area contributed by atoms with Crippen molar-refractivity contribution in [3.05, 3.63) is 59.7 Å². The third-order valence-corrected chi connectivity index (χ3v) is 5.07. The molecule has 2 N–H and O–H groups in total. The highest BCUT2D eigenvalue weighted by atomic mass is 32.2. The summed E-state index contributed by atoms with van der Waals surface area (Å²) in [6.07, 6.45) is 1.25. The van der Waals surface area contributed by atoms with Crippen LogP contribution in [0.2, 0.25) is 0 Å². The van der Waals surface area contributed by atoms with Crippen molar-refractivity contribution < 1.29 is 24.2 Å². The van der Waals surface area contributed by atoms with E-state index in [2.05, 4.69) is 15.5 Å². The highest BCUT2D eigenvalue weighted by Gasteiger charge is 2.32. The van der Waals surface area contributed by atoms with Crippen molar-refractivity contribution >= 4 is 41.0 Å². The number of amidine groups is 1. The molecule has 1 fully saturated rings. The Morgan fingerprint density at radius 1 is 1.21 bits per heavy atom. The molecule has 9 heteroatoms. The zero-order valence-corrected chi connectivity index (χ0v) is 16.2. The maximum atomic E-state index is 11.7. The Morgan fingerprint density at radius 3 is 2.66 bits per heavy atom. The lowest BCUT2D eigenvalue weighted by molar-refractivity contribution is -0.138. The second-order valence-corrected chi connectivity index (χ2v) is 7.23. The van der Waals surface area contributed by atoms with Gasteiger partial charge in [-0.15, -0.1) is 5.10 Å². The Morgan fingerprint density at radius 2 is 1.93 bits per heavy atom. The van der Waals surface area contributed by atoms with Crippen LogP contribution in [0.25, 0.3) is 11.1 Å². The van der Waals surface area contributed by atoms with Gasteiger partial charge in [0.25, 0.3) is 0 Å². The number of carbonyl (C=O) groups is 3. The van der Waals surface area contributed by atoms with Crippen molar-refractivity contribution in [3.63, 3.8) is 0 Å². The van der Waals surface area contributed by atoms with Gasteiger partial charge in [0.1, 0.15) is 5.25 Å². The molecule has 1 amide bonds. The lowest BCUT2D eigenvalue weighted by Gasteiger charge is -2.05. The first-order chi connectivity index (χ1) is 14.0. The zero-order valence-electron chi connectivity index (χ0n) is 15.4. The van der Waals surface area contributed by atoms with Crippen LogP contribution >= 0.6 is 11.8 Å². The number of hydrogen-bond acceptors (Lipinski definition) is 7. The molecule has 1 saturated heterocycles. The summed E-state index contributed by atoms with van der Waals surface area (Å²) >= 11 is 1.04. The van der Waals surface area contributed by atoms with E-state index >= 15 is 0 Å². The minimum atomic E-state index is -1.05. The molecule has 0 radical (unpaired) electrons. The summed E-state index contributed by atoms with van der Waals surface area (Å²) in [7, 11) is 1.34. The summed E-state index contributed by atoms with van der Waals surface area (Å²) in [5.74, 6) is -1.84. The summed E-state index contributed by atoms with van der Waals surface area (Å²) < 4.78 is 4.75. The van der Waals surface area contributed by atoms with Crippen LogP contribution in [0.5, 0.6) is 0 Å². The van der Waals surface area contributed by atoms with Crippen molar-refractivity contribution in [1.82, 2.24) is 5.32 Å². The van der Waals surface area contributed by atoms with Crippen molar-refractivity contribution in [2.24, 2.45) is 10.2 Å². The molecule has 29 heavy (non-hydrogen) atoms. The summed E-state index contributed by atoms with van der Waals surface area (Å²) in [4.78, 5) is 34.1. The number of carboxylic acid groups (broad SMARTS) is 1. The second kappa shape index (κ2) is 9.16. The fraction of sp³-hybridized carbons (Fsp3) is 0.150. The van der Waals surface area contributed by atoms with E-state index in [4.69, 9.17) is 9.84 Å². The standard InChI is InChI=1S/C20H17N3O5S/c1-28-19(27)15-7-3-6-14(9-15)13-5-2-4-12(8-13)11-21-23-20-22-18(26)16(29-20)10-17(24)25/h2-9,11,16H,10H2,1H3,(H,24,25)(H,22,23,26). The third-order valence-electron chi connectivity index (χ3n) is 4.00. The van der Waals surface area contributed by atoms with Crippen LogP contribution in [0, 0.1) is 0 Å². The van der Waals surface area contributed by atoms with Gasteiger partial charge in [-0.05, 0) is 34.9 Å². The van der Waals surface area contributed by atoms with Gasteiger partial charge in [0.2, 0.25) is 5.91 Å². The summed E-state index contributed by atoms with van der Waals surface area (Å²) in [5, 5.41) is 18.8. The van der Waals surface area contributed by atoms with E-state index < -0.39 is 17.2 Å². The van der Waals surface area contributed by atoms with Crippen molar-refractivity contribution in [3.8, 4) is 11.1 Å². The number of nitrogens with one attached hydrogen (secondary N) is 1. The minimum absolute atomic E-state index is 0.263. The topological polar surface area (TPSA) is 117 Å². The van der Waals surface area contributed by atoms with Crippen LogP contribution < -0.4 is 5.32 Å². The number of hydrogen-bond donors (Lipinski definition) is 2. The first-order valence-corrected chi connectivity index (χ1v) is 9.43. The molecule has 0 spiro atoms. The molecule has 2 aromatic rings. The number of esters is 1. The van der Waals surface area contributed by atoms with Gasteiger partial charge < -0.3 is 15.2 Å². The van der Waals surface area contributed by atoms with E-state index in [1.165, 1.54) is 13.3 Å². The number of benzene rings is 2. The molecule has 0 saturated carbocycles. The zero-order chi connectivity index (χ0) is 20.8. The first-order valence-electron chi connectivity index (χ1n) is 8.55. The summed E-state index contributed by atoms with van der Waals surface area (Å²) in [5.41, 5.74) is 2.97. The van der Waals surface area contributed by atoms with Crippen LogP contribution in [0.4, 0.5) is 0 Å². The maximum absolute atomic E-state index is 11.7. The Hall–Kier alpha value is -3.46. The number of carbonyl (C=O) groups excluding carboxylic acids is 2. The fourth-order valence-electron chi connectivity index (χ4n) is 2.64. The van der Waals surface area contributed by atoms with Gasteiger partial charge in [-0.1, -0.05) is 42.1 Å². The van der Waals surface area contributed by atoms with Gasteiger partial charge in [-0.2, -0.15) is 5.10 Å². The predicted molar refractivity (Wildman–Crippen MR) is 110 cm³/mol. The molecule has 0 aromatic heterocycles. The minimum Gasteiger partial charge on any atom is -0.481 e. The highest BCUT2D eigenvalue weighted by Crippen LogP contribution is 2.23. The van der Waals surface area contributed by atoms with Gasteiger partial charge in [-0.25, -0.2) is 4.79 Å². The van der Waals surface area contributed by atoms with E-state index in [0.717, 1.165) is 28.5 Å². The van der Waals surface area contributed by atoms with E-state index in [-0.39, 0.29) is 17.5 Å². The lowest BCUT2D eigenvalue weighted by atomic mass is 10.0. The van der Waals surface area contributed by atoms with Crippen molar-refractivity contribution in [2.45, 2.75) is 11.7 Å². The normalized spacial score (nSPS) is 17.5. The molecular weight excluding hydrogens is 394 g/mol. The molecule has 1 aliphatic heterocycles. The Kier molecular flexibility index (Phi) is 6.40. The SMILES string of the molecule is COC(=O)c1cccc(-c2cccc(C=NN=C3NC(=O)C(CC(=O)O)S3)c2)c1. The summed E-state index contributed by atoms with van der Waals surface area (Å²) in [6.45, 7) is 0. The van der Waals surface area contributed by atoms with E-state index in [0.29, 0.717) is 5.56 Å². The molecule has 3 rings (SSSR count). The molecular formula is C20H17N3O5S. The number of nitrogens with zero attached hydrogens (tertiary/aromatic N) is 2. The number of rotatable bonds is 6. The highest BCUT2D eigenvalue weighted by molar-refractivity contribution is 8.15. The largest absolute Gasteiger partial charge is 0.481 e. The molecule has 0 aliphatic carbocycles. The number of amides is 1. The maximum Gasteiger partial charge on any atom is 0.337 e. The fourth-order valence-corrected chi connectivity index (χ4v) is 3.55. The molecule has 148 valence electrons. The van der Waals surface area contributed by atoms with Crippen molar-refractivity contribution in [1.29, 1.82) is 0 Å². The van der Waals surface area contributed by atoms with Crippen LogP contribution in [-0.4, -0.2) is 46.7 Å². The van der Waals surface area contributed by atoms with Crippen LogP contribution in [-0.2, 0) is 14.3 Å². The van der Waals surface area contributed by atoms with Gasteiger partial charge in [0.15, 0.2) is 5.17 Å². The molecule has 1 atom stereocenters. The smallest absolute Gasteiger partial charge is 0.337 e. The van der Waals surface area contributed by atoms with Crippen LogP contribution in [0.1, 0.15) is 22.3 Å². The molecule has 2 aromatic carbocycles. The number of thioether (sulfide) groups is 1. The Bertz CT molecular complexity index is 1020. The van der Waals surface area contributed by atoms with E-state index in [1.54, 1.807) is 18.2 Å². The second-order valence-electron chi connectivity index (χ2n) is 6.04. The van der Waals surface area contributed by atoms with Gasteiger partial charge in [-0.3, -0.25) is 9.59 Å². The van der Waals surface area contributed by atoms with E-state index in [1.807, 2.05) is 30.3 Å². The first kappa shape index (κ1) is 20.3. The molecule has 1 unspecified atom stereocenters. The number of carboxylic acids is 1. The molecule has 1 heterocycles. The third kappa shape index (κ3) is 5.29. The number of aliphatic carboxylic acids is 1. The van der Waals surface area contributed by atoms with Crippen LogP contribution in [0.15, 0.2) is 58.7 Å². The van der Waals surface area contributed by atoms with Gasteiger partial charge >= 0.3 is 11.9 Å². The number of ether oxygens (including phenoxy) is 1. The molecule has 0 bridgehead atoms. The van der Waals surface area contributed by atoms with Gasteiger partial charge in [0.05, 0.1) is 25.3 Å². The number of methoxy groups -OCH3 is 1. The monoisotopic (exact) mass is 411 g/mol. The summed E-state index contributed by atoms with van der Waals surface area (Å²) in [6, 6.07) is 14.6. The van der Waals surface area contributed by atoms with Crippen molar-refractivity contribution in [2.75, 3.05) is 7.11 Å². The van der Waals surface area contributed by atoms with Crippen LogP contribution in [0.3, 0.4) is 0 Å². The average molecular weight is 411 g/mol. The van der Waals surface area contributed by atoms with E-state index in [9.17, 15) is 14.4 Å². The quantitative estimate of drug-likeness (QED) is 0.429. The predicted octanol–water partition coefficient (Wildman–Crippen LogP) is 2.54. The van der Waals surface area contributed by atoms with Gasteiger partial charge in [0, 0.05) is 0 Å². The average Bonchev–Trinajstić information content (AvgIpc) is 3.06. The molecule has 1 aliphatic rings. The Balaban J connectivity index is 1.73. The Labute approximate surface area is 170 Å². The lowest BCUT2D eigenvalue weighted by Crippen LogP contribution is -2.26. The molecule has 8 nitrogen and oxygen atoms in total.